The Hall–Kier alpha value is -3.36. The van der Waals surface area contributed by atoms with Crippen LogP contribution in [0.15, 0.2) is 87.8 Å². The van der Waals surface area contributed by atoms with Crippen molar-refractivity contribution in [2.45, 2.75) is 26.5 Å². The number of thiazole rings is 1. The van der Waals surface area contributed by atoms with E-state index in [-0.39, 0.29) is 24.3 Å². The molecule has 6 nitrogen and oxygen atoms in total. The molecule has 0 aliphatic carbocycles. The molecule has 2 heterocycles. The Kier molecular flexibility index (Phi) is 8.47. The Morgan fingerprint density at radius 3 is 2.60 bits per heavy atom. The number of hydrogen-bond acceptors (Lipinski definition) is 6. The molecule has 0 amide bonds. The summed E-state index contributed by atoms with van der Waals surface area (Å²) in [5, 5.41) is 1.51. The van der Waals surface area contributed by atoms with Gasteiger partial charge in [0.2, 0.25) is 0 Å². The van der Waals surface area contributed by atoms with Crippen LogP contribution in [0.25, 0.3) is 6.08 Å². The molecule has 4 aromatic rings. The maximum atomic E-state index is 13.8. The average Bonchev–Trinajstić information content (AvgIpc) is 3.22. The van der Waals surface area contributed by atoms with E-state index in [1.165, 1.54) is 15.9 Å². The largest absolute Gasteiger partial charge is 0.489 e. The second kappa shape index (κ2) is 12.0. The van der Waals surface area contributed by atoms with Gasteiger partial charge in [-0.15, -0.1) is 0 Å². The van der Waals surface area contributed by atoms with Gasteiger partial charge in [-0.3, -0.25) is 9.36 Å². The summed E-state index contributed by atoms with van der Waals surface area (Å²) in [5.41, 5.74) is 2.66. The average molecular weight is 614 g/mol. The summed E-state index contributed by atoms with van der Waals surface area (Å²) in [5.74, 6) is 0.0792. The highest BCUT2D eigenvalue weighted by molar-refractivity contribution is 7.07. The molecule has 0 spiro atoms. The van der Waals surface area contributed by atoms with Gasteiger partial charge < -0.3 is 9.47 Å². The minimum absolute atomic E-state index is 0.192. The van der Waals surface area contributed by atoms with Crippen molar-refractivity contribution >= 4 is 58.2 Å². The minimum Gasteiger partial charge on any atom is -0.489 e. The SMILES string of the molecule is CCOC(=O)C1=C(C)N=c2s/c(=C\c3cccc(OCc4ccc(Cl)cc4Cl)c3)c(=O)n2[C@@H]1c1ccccc1Cl. The van der Waals surface area contributed by atoms with Gasteiger partial charge >= 0.3 is 5.97 Å². The molecule has 1 aliphatic rings. The van der Waals surface area contributed by atoms with Gasteiger partial charge in [-0.1, -0.05) is 82.5 Å². The number of benzene rings is 3. The molecular formula is C30H23Cl3N2O4S. The van der Waals surface area contributed by atoms with E-state index in [0.717, 1.165) is 11.1 Å². The number of nitrogens with zero attached hydrogens (tertiary/aromatic N) is 2. The van der Waals surface area contributed by atoms with Gasteiger partial charge in [-0.2, -0.15) is 0 Å². The zero-order valence-corrected chi connectivity index (χ0v) is 24.6. The second-order valence-electron chi connectivity index (χ2n) is 8.92. The molecule has 0 fully saturated rings. The molecule has 10 heteroatoms. The zero-order valence-electron chi connectivity index (χ0n) is 21.5. The van der Waals surface area contributed by atoms with Crippen LogP contribution in [0.5, 0.6) is 5.75 Å². The van der Waals surface area contributed by atoms with Crippen molar-refractivity contribution in [3.05, 3.63) is 129 Å². The quantitative estimate of drug-likeness (QED) is 0.228. The first kappa shape index (κ1) is 28.2. The second-order valence-corrected chi connectivity index (χ2v) is 11.2. The van der Waals surface area contributed by atoms with Crippen LogP contribution in [0.1, 0.15) is 36.6 Å². The number of rotatable bonds is 7. The molecule has 0 bridgehead atoms. The first-order chi connectivity index (χ1) is 19.3. The Morgan fingerprint density at radius 1 is 1.05 bits per heavy atom. The first-order valence-corrected chi connectivity index (χ1v) is 14.3. The zero-order chi connectivity index (χ0) is 28.4. The fourth-order valence-corrected chi connectivity index (χ4v) is 6.18. The van der Waals surface area contributed by atoms with Gasteiger partial charge in [-0.25, -0.2) is 9.79 Å². The molecule has 0 N–H and O–H groups in total. The molecule has 0 radical (unpaired) electrons. The normalized spacial score (nSPS) is 15.0. The Balaban J connectivity index is 1.54. The first-order valence-electron chi connectivity index (χ1n) is 12.4. The van der Waals surface area contributed by atoms with Crippen molar-refractivity contribution < 1.29 is 14.3 Å². The lowest BCUT2D eigenvalue weighted by molar-refractivity contribution is -0.139. The van der Waals surface area contributed by atoms with Gasteiger partial charge in [0.15, 0.2) is 4.80 Å². The van der Waals surface area contributed by atoms with Gasteiger partial charge in [-0.05, 0) is 61.4 Å². The van der Waals surface area contributed by atoms with Crippen LogP contribution in [-0.2, 0) is 16.1 Å². The van der Waals surface area contributed by atoms with Crippen LogP contribution in [0.4, 0.5) is 0 Å². The van der Waals surface area contributed by atoms with E-state index in [0.29, 0.717) is 41.4 Å². The van der Waals surface area contributed by atoms with E-state index < -0.39 is 12.0 Å². The molecule has 0 unspecified atom stereocenters. The van der Waals surface area contributed by atoms with E-state index in [1.54, 1.807) is 50.3 Å². The summed E-state index contributed by atoms with van der Waals surface area (Å²) in [4.78, 5) is 31.9. The molecule has 5 rings (SSSR count). The molecule has 204 valence electrons. The van der Waals surface area contributed by atoms with Crippen LogP contribution >= 0.6 is 46.1 Å². The van der Waals surface area contributed by atoms with E-state index in [1.807, 2.05) is 36.4 Å². The van der Waals surface area contributed by atoms with Crippen LogP contribution in [-0.4, -0.2) is 17.1 Å². The lowest BCUT2D eigenvalue weighted by atomic mass is 9.96. The summed E-state index contributed by atoms with van der Waals surface area (Å²) in [7, 11) is 0. The molecule has 3 aromatic carbocycles. The highest BCUT2D eigenvalue weighted by Gasteiger charge is 2.34. The lowest BCUT2D eigenvalue weighted by Gasteiger charge is -2.25. The minimum atomic E-state index is -0.773. The van der Waals surface area contributed by atoms with Crippen molar-refractivity contribution in [2.24, 2.45) is 4.99 Å². The molecule has 1 aromatic heterocycles. The summed E-state index contributed by atoms with van der Waals surface area (Å²) >= 11 is 20.1. The van der Waals surface area contributed by atoms with E-state index in [2.05, 4.69) is 4.99 Å². The number of carbonyl (C=O) groups excluding carboxylic acids is 1. The number of halogens is 3. The molecule has 40 heavy (non-hydrogen) atoms. The van der Waals surface area contributed by atoms with Crippen molar-refractivity contribution in [1.82, 2.24) is 4.57 Å². The van der Waals surface area contributed by atoms with Crippen LogP contribution in [0, 0.1) is 0 Å². The number of allylic oxidation sites excluding steroid dienone is 1. The number of aromatic nitrogens is 1. The van der Waals surface area contributed by atoms with Gasteiger partial charge in [0.1, 0.15) is 18.4 Å². The van der Waals surface area contributed by atoms with Gasteiger partial charge in [0.05, 0.1) is 22.4 Å². The molecule has 0 saturated heterocycles. The summed E-state index contributed by atoms with van der Waals surface area (Å²) < 4.78 is 13.2. The highest BCUT2D eigenvalue weighted by Crippen LogP contribution is 2.34. The lowest BCUT2D eigenvalue weighted by Crippen LogP contribution is -2.40. The third-order valence-corrected chi connectivity index (χ3v) is 8.20. The van der Waals surface area contributed by atoms with E-state index >= 15 is 0 Å². The van der Waals surface area contributed by atoms with Crippen LogP contribution < -0.4 is 19.6 Å². The van der Waals surface area contributed by atoms with Crippen LogP contribution in [0.3, 0.4) is 0 Å². The van der Waals surface area contributed by atoms with Crippen molar-refractivity contribution in [2.75, 3.05) is 6.61 Å². The highest BCUT2D eigenvalue weighted by atomic mass is 35.5. The molecule has 1 aliphatic heterocycles. The van der Waals surface area contributed by atoms with Crippen molar-refractivity contribution in [3.8, 4) is 5.75 Å². The van der Waals surface area contributed by atoms with E-state index in [9.17, 15) is 9.59 Å². The monoisotopic (exact) mass is 612 g/mol. The number of fused-ring (bicyclic) bond motifs is 1. The fourth-order valence-electron chi connectivity index (χ4n) is 4.43. The predicted molar refractivity (Wildman–Crippen MR) is 159 cm³/mol. The Morgan fingerprint density at radius 2 is 1.85 bits per heavy atom. The molecular weight excluding hydrogens is 591 g/mol. The topological polar surface area (TPSA) is 69.9 Å². The van der Waals surface area contributed by atoms with Gasteiger partial charge in [0.25, 0.3) is 5.56 Å². The predicted octanol–water partition coefficient (Wildman–Crippen LogP) is 6.34. The maximum absolute atomic E-state index is 13.8. The van der Waals surface area contributed by atoms with Crippen LogP contribution in [0.2, 0.25) is 15.1 Å². The Bertz CT molecular complexity index is 1830. The fraction of sp³-hybridized carbons (Fsp3) is 0.167. The standard InChI is InChI=1S/C30H23Cl3N2O4S/c1-3-38-29(37)26-17(2)34-30-35(27(26)22-9-4-5-10-23(22)32)28(36)25(40-30)14-18-7-6-8-21(13-18)39-16-19-11-12-20(31)15-24(19)33/h4-15,27H,3,16H2,1-2H3/b25-14-/t27-/m1/s1. The number of carbonyl (C=O) groups is 1. The number of esters is 1. The maximum Gasteiger partial charge on any atom is 0.338 e. The summed E-state index contributed by atoms with van der Waals surface area (Å²) in [6.07, 6.45) is 1.78. The van der Waals surface area contributed by atoms with Crippen molar-refractivity contribution in [1.29, 1.82) is 0 Å². The number of hydrogen-bond donors (Lipinski definition) is 0. The molecule has 1 atom stereocenters. The van der Waals surface area contributed by atoms with Gasteiger partial charge in [0, 0.05) is 20.6 Å². The van der Waals surface area contributed by atoms with Crippen molar-refractivity contribution in [3.63, 3.8) is 0 Å². The summed E-state index contributed by atoms with van der Waals surface area (Å²) in [6.45, 7) is 3.92. The van der Waals surface area contributed by atoms with E-state index in [4.69, 9.17) is 44.3 Å². The number of ether oxygens (including phenoxy) is 2. The molecule has 0 saturated carbocycles. The smallest absolute Gasteiger partial charge is 0.338 e. The third-order valence-electron chi connectivity index (χ3n) is 6.28. The third kappa shape index (κ3) is 5.74. The summed E-state index contributed by atoms with van der Waals surface area (Å²) in [6, 6.07) is 19.0. The Labute approximate surface area is 249 Å².